The molecule has 0 radical (unpaired) electrons. The van der Waals surface area contributed by atoms with Gasteiger partial charge in [-0.1, -0.05) is 58.0 Å². The summed E-state index contributed by atoms with van der Waals surface area (Å²) in [5.74, 6) is -1.10. The van der Waals surface area contributed by atoms with Crippen LogP contribution in [-0.4, -0.2) is 29.2 Å². The van der Waals surface area contributed by atoms with Gasteiger partial charge in [0.25, 0.3) is 5.91 Å². The molecule has 2 atom stereocenters. The van der Waals surface area contributed by atoms with Crippen LogP contribution in [0, 0.1) is 17.2 Å². The van der Waals surface area contributed by atoms with Gasteiger partial charge in [-0.25, -0.2) is 4.99 Å². The van der Waals surface area contributed by atoms with E-state index in [1.54, 1.807) is 31.2 Å². The quantitative estimate of drug-likeness (QED) is 0.296. The molecule has 0 saturated heterocycles. The molecule has 0 fully saturated rings. The van der Waals surface area contributed by atoms with E-state index in [1.165, 1.54) is 11.8 Å². The summed E-state index contributed by atoms with van der Waals surface area (Å²) in [6.45, 7) is 4.20. The van der Waals surface area contributed by atoms with Gasteiger partial charge in [-0.3, -0.25) is 9.59 Å². The Hall–Kier alpha value is -3.87. The van der Waals surface area contributed by atoms with Crippen molar-refractivity contribution >= 4 is 55.9 Å². The average molecular weight is 604 g/mol. The SMILES string of the molecule is CCOc1ccc([C@H]2C(C(=O)Nc3ccccc3)=C(C)N=C(SCC(=O)Nc3ccc(Br)cc3)C2C#N)cc1. The van der Waals surface area contributed by atoms with Gasteiger partial charge in [0.15, 0.2) is 0 Å². The molecule has 9 heteroatoms. The second-order valence-corrected chi connectivity index (χ2v) is 10.6. The van der Waals surface area contributed by atoms with Crippen LogP contribution in [0.3, 0.4) is 0 Å². The fourth-order valence-corrected chi connectivity index (χ4v) is 5.46. The molecule has 0 aliphatic carbocycles. The zero-order chi connectivity index (χ0) is 27.8. The molecule has 1 heterocycles. The normalized spacial score (nSPS) is 16.6. The summed E-state index contributed by atoms with van der Waals surface area (Å²) in [6, 6.07) is 26.2. The molecule has 3 aromatic rings. The molecule has 0 aromatic heterocycles. The van der Waals surface area contributed by atoms with Gasteiger partial charge in [-0.15, -0.1) is 0 Å². The summed E-state index contributed by atoms with van der Waals surface area (Å²) in [4.78, 5) is 30.9. The van der Waals surface area contributed by atoms with Gasteiger partial charge >= 0.3 is 0 Å². The van der Waals surface area contributed by atoms with Gasteiger partial charge < -0.3 is 15.4 Å². The zero-order valence-electron chi connectivity index (χ0n) is 21.5. The first-order valence-corrected chi connectivity index (χ1v) is 14.1. The van der Waals surface area contributed by atoms with Crippen molar-refractivity contribution in [2.75, 3.05) is 23.0 Å². The van der Waals surface area contributed by atoms with E-state index in [9.17, 15) is 14.9 Å². The topological polar surface area (TPSA) is 104 Å². The molecule has 0 saturated carbocycles. The first-order chi connectivity index (χ1) is 18.9. The number of benzene rings is 3. The molecule has 0 bridgehead atoms. The Morgan fingerprint density at radius 2 is 1.67 bits per heavy atom. The van der Waals surface area contributed by atoms with Gasteiger partial charge in [0.05, 0.1) is 23.5 Å². The van der Waals surface area contributed by atoms with Crippen LogP contribution in [0.15, 0.2) is 99.6 Å². The van der Waals surface area contributed by atoms with Crippen LogP contribution >= 0.6 is 27.7 Å². The number of hydrogen-bond acceptors (Lipinski definition) is 6. The van der Waals surface area contributed by atoms with Gasteiger partial charge in [0.1, 0.15) is 11.7 Å². The first kappa shape index (κ1) is 28.1. The Balaban J connectivity index is 1.63. The Bertz CT molecular complexity index is 1430. The number of allylic oxidation sites excluding steroid dienone is 1. The smallest absolute Gasteiger partial charge is 0.254 e. The number of carbonyl (C=O) groups excluding carboxylic acids is 2. The van der Waals surface area contributed by atoms with Crippen LogP contribution in [0.5, 0.6) is 5.75 Å². The number of halogens is 1. The molecule has 7 nitrogen and oxygen atoms in total. The number of carbonyl (C=O) groups is 2. The lowest BCUT2D eigenvalue weighted by atomic mass is 9.78. The van der Waals surface area contributed by atoms with Crippen LogP contribution in [0.25, 0.3) is 0 Å². The zero-order valence-corrected chi connectivity index (χ0v) is 23.9. The fourth-order valence-electron chi connectivity index (χ4n) is 4.27. The maximum absolute atomic E-state index is 13.5. The Labute approximate surface area is 240 Å². The lowest BCUT2D eigenvalue weighted by Gasteiger charge is -2.30. The minimum atomic E-state index is -0.756. The number of amides is 2. The molecule has 4 rings (SSSR count). The summed E-state index contributed by atoms with van der Waals surface area (Å²) in [5, 5.41) is 16.6. The van der Waals surface area contributed by atoms with Crippen molar-refractivity contribution < 1.29 is 14.3 Å². The van der Waals surface area contributed by atoms with Crippen LogP contribution in [0.2, 0.25) is 0 Å². The summed E-state index contributed by atoms with van der Waals surface area (Å²) in [6.07, 6.45) is 0. The number of ether oxygens (including phenoxy) is 1. The highest BCUT2D eigenvalue weighted by molar-refractivity contribution is 9.10. The molecule has 39 heavy (non-hydrogen) atoms. The molecule has 1 aliphatic heterocycles. The molecule has 2 amide bonds. The van der Waals surface area contributed by atoms with E-state index in [2.05, 4.69) is 37.6 Å². The first-order valence-electron chi connectivity index (χ1n) is 12.4. The highest BCUT2D eigenvalue weighted by Gasteiger charge is 2.39. The molecular formula is C30H27BrN4O3S. The van der Waals surface area contributed by atoms with E-state index in [0.29, 0.717) is 40.0 Å². The lowest BCUT2D eigenvalue weighted by molar-refractivity contribution is -0.114. The maximum Gasteiger partial charge on any atom is 0.254 e. The predicted octanol–water partition coefficient (Wildman–Crippen LogP) is 6.77. The third-order valence-electron chi connectivity index (χ3n) is 6.02. The number of thioether (sulfide) groups is 1. The van der Waals surface area contributed by atoms with Gasteiger partial charge in [0.2, 0.25) is 5.91 Å². The largest absolute Gasteiger partial charge is 0.494 e. The van der Waals surface area contributed by atoms with Crippen LogP contribution in [0.1, 0.15) is 25.3 Å². The van der Waals surface area contributed by atoms with Gasteiger partial charge in [-0.2, -0.15) is 5.26 Å². The second-order valence-electron chi connectivity index (χ2n) is 8.70. The van der Waals surface area contributed by atoms with Crippen molar-refractivity contribution in [2.24, 2.45) is 10.9 Å². The number of nitrogens with zero attached hydrogens (tertiary/aromatic N) is 2. The number of nitrogens with one attached hydrogen (secondary N) is 2. The predicted molar refractivity (Wildman–Crippen MR) is 160 cm³/mol. The van der Waals surface area contributed by atoms with Crippen LogP contribution in [-0.2, 0) is 9.59 Å². The Kier molecular flexibility index (Phi) is 9.58. The van der Waals surface area contributed by atoms with Crippen LogP contribution < -0.4 is 15.4 Å². The van der Waals surface area contributed by atoms with E-state index >= 15 is 0 Å². The van der Waals surface area contributed by atoms with Gasteiger partial charge in [-0.05, 0) is 67.9 Å². The summed E-state index contributed by atoms with van der Waals surface area (Å²) < 4.78 is 6.50. The molecule has 2 N–H and O–H groups in total. The van der Waals surface area contributed by atoms with E-state index in [4.69, 9.17) is 4.74 Å². The van der Waals surface area contributed by atoms with Crippen molar-refractivity contribution in [2.45, 2.75) is 19.8 Å². The molecule has 3 aromatic carbocycles. The van der Waals surface area contributed by atoms with Gasteiger partial charge in [0, 0.05) is 33.0 Å². The molecule has 0 spiro atoms. The molecule has 198 valence electrons. The van der Waals surface area contributed by atoms with E-state index in [1.807, 2.05) is 61.5 Å². The minimum Gasteiger partial charge on any atom is -0.494 e. The number of rotatable bonds is 8. The summed E-state index contributed by atoms with van der Waals surface area (Å²) >= 11 is 4.59. The van der Waals surface area contributed by atoms with Crippen molar-refractivity contribution in [1.82, 2.24) is 0 Å². The Morgan fingerprint density at radius 3 is 2.31 bits per heavy atom. The number of aliphatic imine (C=N–C) groups is 1. The highest BCUT2D eigenvalue weighted by atomic mass is 79.9. The second kappa shape index (κ2) is 13.3. The standard InChI is InChI=1S/C30H27BrN4O3S/c1-3-38-24-15-9-20(10-16-24)28-25(17-32)30(39-18-26(36)34-23-13-11-21(31)12-14-23)33-19(2)27(28)29(37)35-22-7-5-4-6-8-22/h4-16,25,28H,3,18H2,1-2H3,(H,34,36)(H,35,37)/t25?,28-/m1/s1. The third-order valence-corrected chi connectivity index (χ3v) is 7.60. The van der Waals surface area contributed by atoms with Crippen molar-refractivity contribution in [1.29, 1.82) is 5.26 Å². The van der Waals surface area contributed by atoms with Crippen molar-refractivity contribution in [3.63, 3.8) is 0 Å². The summed E-state index contributed by atoms with van der Waals surface area (Å²) in [5.41, 5.74) is 3.03. The van der Waals surface area contributed by atoms with Crippen molar-refractivity contribution in [3.8, 4) is 11.8 Å². The fraction of sp³-hybridized carbons (Fsp3) is 0.200. The monoisotopic (exact) mass is 602 g/mol. The van der Waals surface area contributed by atoms with Crippen molar-refractivity contribution in [3.05, 3.63) is 100 Å². The lowest BCUT2D eigenvalue weighted by Crippen LogP contribution is -2.31. The minimum absolute atomic E-state index is 0.0713. The number of nitriles is 1. The molecular weight excluding hydrogens is 576 g/mol. The number of hydrogen-bond donors (Lipinski definition) is 2. The summed E-state index contributed by atoms with van der Waals surface area (Å²) in [7, 11) is 0. The highest BCUT2D eigenvalue weighted by Crippen LogP contribution is 2.42. The number of anilines is 2. The molecule has 1 unspecified atom stereocenters. The average Bonchev–Trinajstić information content (AvgIpc) is 2.94. The molecule has 1 aliphatic rings. The van der Waals surface area contributed by atoms with E-state index in [0.717, 1.165) is 10.0 Å². The third kappa shape index (κ3) is 7.16. The van der Waals surface area contributed by atoms with Crippen LogP contribution in [0.4, 0.5) is 11.4 Å². The number of para-hydroxylation sites is 1. The van der Waals surface area contributed by atoms with E-state index < -0.39 is 11.8 Å². The Morgan fingerprint density at radius 1 is 1.00 bits per heavy atom. The maximum atomic E-state index is 13.5. The van der Waals surface area contributed by atoms with E-state index in [-0.39, 0.29) is 17.6 Å².